The maximum atomic E-state index is 13.8. The van der Waals surface area contributed by atoms with E-state index in [1.54, 1.807) is 13.0 Å². The number of rotatable bonds is 6. The van der Waals surface area contributed by atoms with E-state index in [0.29, 0.717) is 43.5 Å². The van der Waals surface area contributed by atoms with Crippen molar-refractivity contribution in [3.8, 4) is 0 Å². The van der Waals surface area contributed by atoms with Crippen molar-refractivity contribution >= 4 is 5.91 Å². The SMILES string of the molecule is Cc1c(F)c(F)ccc1[C@H]1CC[C@@H](CCNC2(C(N)=O)CCOCC2)CC1. The zero-order valence-corrected chi connectivity index (χ0v) is 16.0. The van der Waals surface area contributed by atoms with Gasteiger partial charge in [0.1, 0.15) is 5.54 Å². The minimum atomic E-state index is -0.771. The quantitative estimate of drug-likeness (QED) is 0.793. The number of carbonyl (C=O) groups is 1. The van der Waals surface area contributed by atoms with Crippen LogP contribution in [-0.4, -0.2) is 31.2 Å². The molecule has 2 aliphatic rings. The summed E-state index contributed by atoms with van der Waals surface area (Å²) < 4.78 is 32.5. The molecule has 3 rings (SSSR count). The topological polar surface area (TPSA) is 64.3 Å². The molecule has 1 aromatic carbocycles. The Labute approximate surface area is 159 Å². The van der Waals surface area contributed by atoms with Crippen molar-refractivity contribution < 1.29 is 18.3 Å². The van der Waals surface area contributed by atoms with Gasteiger partial charge < -0.3 is 15.8 Å². The number of hydrogen-bond acceptors (Lipinski definition) is 3. The molecule has 1 aliphatic carbocycles. The molecule has 6 heteroatoms. The molecule has 4 nitrogen and oxygen atoms in total. The molecule has 1 saturated heterocycles. The van der Waals surface area contributed by atoms with Crippen LogP contribution in [0.4, 0.5) is 8.78 Å². The molecule has 0 unspecified atom stereocenters. The lowest BCUT2D eigenvalue weighted by Crippen LogP contribution is -2.58. The highest BCUT2D eigenvalue weighted by atomic mass is 19.2. The third-order valence-corrected chi connectivity index (χ3v) is 6.50. The van der Waals surface area contributed by atoms with Crippen LogP contribution in [0.3, 0.4) is 0 Å². The van der Waals surface area contributed by atoms with Gasteiger partial charge in [-0.25, -0.2) is 8.78 Å². The first-order valence-electron chi connectivity index (χ1n) is 10.00. The van der Waals surface area contributed by atoms with Crippen molar-refractivity contribution in [1.29, 1.82) is 0 Å². The van der Waals surface area contributed by atoms with Crippen LogP contribution in [-0.2, 0) is 9.53 Å². The summed E-state index contributed by atoms with van der Waals surface area (Å²) in [6.45, 7) is 3.56. The van der Waals surface area contributed by atoms with Gasteiger partial charge in [-0.2, -0.15) is 0 Å². The van der Waals surface area contributed by atoms with Gasteiger partial charge >= 0.3 is 0 Å². The summed E-state index contributed by atoms with van der Waals surface area (Å²) in [7, 11) is 0. The van der Waals surface area contributed by atoms with E-state index in [-0.39, 0.29) is 5.91 Å². The summed E-state index contributed by atoms with van der Waals surface area (Å²) in [5, 5.41) is 3.40. The standard InChI is InChI=1S/C21H30F2N2O2/c1-14-17(6-7-18(22)19(14)23)16-4-2-15(3-5-16)8-11-25-21(20(24)26)9-12-27-13-10-21/h6-7,15-16,25H,2-5,8-13H2,1H3,(H2,24,26)/t15-,16+. The molecule has 2 fully saturated rings. The Balaban J connectivity index is 1.49. The minimum Gasteiger partial charge on any atom is -0.381 e. The third kappa shape index (κ3) is 4.49. The minimum absolute atomic E-state index is 0.289. The Hall–Kier alpha value is -1.53. The van der Waals surface area contributed by atoms with Crippen molar-refractivity contribution in [2.24, 2.45) is 11.7 Å². The number of ether oxygens (including phenoxy) is 1. The van der Waals surface area contributed by atoms with Gasteiger partial charge in [0, 0.05) is 13.2 Å². The van der Waals surface area contributed by atoms with Gasteiger partial charge in [0.2, 0.25) is 5.91 Å². The van der Waals surface area contributed by atoms with Gasteiger partial charge in [-0.05, 0) is 87.4 Å². The summed E-state index contributed by atoms with van der Waals surface area (Å²) in [6, 6.07) is 2.98. The van der Waals surface area contributed by atoms with Crippen LogP contribution in [0.1, 0.15) is 62.0 Å². The smallest absolute Gasteiger partial charge is 0.237 e. The fraction of sp³-hybridized carbons (Fsp3) is 0.667. The number of nitrogens with one attached hydrogen (secondary N) is 1. The second kappa shape index (κ2) is 8.65. The van der Waals surface area contributed by atoms with Crippen LogP contribution < -0.4 is 11.1 Å². The van der Waals surface area contributed by atoms with Crippen LogP contribution in [0.15, 0.2) is 12.1 Å². The Bertz CT molecular complexity index is 666. The molecule has 0 spiro atoms. The fourth-order valence-electron chi connectivity index (χ4n) is 4.62. The molecular formula is C21H30F2N2O2. The van der Waals surface area contributed by atoms with E-state index >= 15 is 0 Å². The second-order valence-corrected chi connectivity index (χ2v) is 8.07. The highest BCUT2D eigenvalue weighted by molar-refractivity contribution is 5.84. The highest BCUT2D eigenvalue weighted by Gasteiger charge is 2.38. The predicted molar refractivity (Wildman–Crippen MR) is 100 cm³/mol. The largest absolute Gasteiger partial charge is 0.381 e. The average Bonchev–Trinajstić information content (AvgIpc) is 2.68. The van der Waals surface area contributed by atoms with Crippen LogP contribution in [0.2, 0.25) is 0 Å². The molecule has 0 radical (unpaired) electrons. The van der Waals surface area contributed by atoms with Crippen LogP contribution in [0, 0.1) is 24.5 Å². The second-order valence-electron chi connectivity index (χ2n) is 8.07. The van der Waals surface area contributed by atoms with Crippen molar-refractivity contribution in [3.05, 3.63) is 34.9 Å². The highest BCUT2D eigenvalue weighted by Crippen LogP contribution is 2.39. The van der Waals surface area contributed by atoms with Crippen molar-refractivity contribution in [3.63, 3.8) is 0 Å². The van der Waals surface area contributed by atoms with Crippen molar-refractivity contribution in [2.75, 3.05) is 19.8 Å². The molecule has 1 heterocycles. The Kier molecular flexibility index (Phi) is 6.48. The third-order valence-electron chi connectivity index (χ3n) is 6.50. The number of nitrogens with two attached hydrogens (primary N) is 1. The van der Waals surface area contributed by atoms with Crippen molar-refractivity contribution in [1.82, 2.24) is 5.32 Å². The maximum Gasteiger partial charge on any atom is 0.237 e. The van der Waals surface area contributed by atoms with Crippen molar-refractivity contribution in [2.45, 2.75) is 63.3 Å². The zero-order valence-electron chi connectivity index (χ0n) is 16.0. The van der Waals surface area contributed by atoms with E-state index in [2.05, 4.69) is 5.32 Å². The summed E-state index contributed by atoms with van der Waals surface area (Å²) in [5.41, 5.74) is 6.39. The molecule has 27 heavy (non-hydrogen) atoms. The maximum absolute atomic E-state index is 13.8. The molecule has 150 valence electrons. The first-order valence-corrected chi connectivity index (χ1v) is 10.00. The van der Waals surface area contributed by atoms with Gasteiger partial charge in [-0.15, -0.1) is 0 Å². The summed E-state index contributed by atoms with van der Waals surface area (Å²) in [6.07, 6.45) is 6.38. The van der Waals surface area contributed by atoms with Crippen LogP contribution in [0.25, 0.3) is 0 Å². The lowest BCUT2D eigenvalue weighted by Gasteiger charge is -2.36. The molecule has 0 bridgehead atoms. The molecule has 1 amide bonds. The number of carbonyl (C=O) groups excluding carboxylic acids is 1. The molecule has 1 aliphatic heterocycles. The van der Waals surface area contributed by atoms with Gasteiger partial charge in [0.05, 0.1) is 0 Å². The zero-order chi connectivity index (χ0) is 19.4. The molecule has 1 aromatic rings. The van der Waals surface area contributed by atoms with Gasteiger partial charge in [-0.3, -0.25) is 4.79 Å². The van der Waals surface area contributed by atoms with E-state index in [1.807, 2.05) is 0 Å². The monoisotopic (exact) mass is 380 g/mol. The van der Waals surface area contributed by atoms with E-state index in [9.17, 15) is 13.6 Å². The molecule has 0 atom stereocenters. The summed E-state index contributed by atoms with van der Waals surface area (Å²) in [5.74, 6) is -0.885. The lowest BCUT2D eigenvalue weighted by molar-refractivity contribution is -0.128. The van der Waals surface area contributed by atoms with E-state index in [1.165, 1.54) is 6.07 Å². The van der Waals surface area contributed by atoms with E-state index in [4.69, 9.17) is 10.5 Å². The first kappa shape index (κ1) is 20.2. The fourth-order valence-corrected chi connectivity index (χ4v) is 4.62. The predicted octanol–water partition coefficient (Wildman–Crippen LogP) is 3.56. The lowest BCUT2D eigenvalue weighted by atomic mass is 9.76. The summed E-state index contributed by atoms with van der Waals surface area (Å²) in [4.78, 5) is 11.9. The number of benzene rings is 1. The normalized spacial score (nSPS) is 25.3. The number of primary amides is 1. The van der Waals surface area contributed by atoms with Crippen LogP contribution >= 0.6 is 0 Å². The number of halogens is 2. The molecular weight excluding hydrogens is 350 g/mol. The Morgan fingerprint density at radius 1 is 1.22 bits per heavy atom. The molecule has 3 N–H and O–H groups in total. The number of amides is 1. The van der Waals surface area contributed by atoms with Gasteiger partial charge in [-0.1, -0.05) is 6.07 Å². The van der Waals surface area contributed by atoms with Gasteiger partial charge in [0.15, 0.2) is 11.6 Å². The average molecular weight is 380 g/mol. The molecule has 0 aromatic heterocycles. The Morgan fingerprint density at radius 2 is 1.89 bits per heavy atom. The molecule has 1 saturated carbocycles. The summed E-state index contributed by atoms with van der Waals surface area (Å²) >= 11 is 0. The van der Waals surface area contributed by atoms with E-state index < -0.39 is 17.2 Å². The van der Waals surface area contributed by atoms with Gasteiger partial charge in [0.25, 0.3) is 0 Å². The number of hydrogen-bond donors (Lipinski definition) is 2. The first-order chi connectivity index (χ1) is 12.9. The van der Waals surface area contributed by atoms with Crippen LogP contribution in [0.5, 0.6) is 0 Å². The Morgan fingerprint density at radius 3 is 2.52 bits per heavy atom. The van der Waals surface area contributed by atoms with E-state index in [0.717, 1.165) is 44.2 Å².